The highest BCUT2D eigenvalue weighted by Gasteiger charge is 2.42. The van der Waals surface area contributed by atoms with Gasteiger partial charge in [0.05, 0.1) is 24.0 Å². The Kier molecular flexibility index (Phi) is 7.34. The minimum Gasteiger partial charge on any atom is -0.489 e. The Morgan fingerprint density at radius 2 is 1.95 bits per heavy atom. The fourth-order valence-corrected chi connectivity index (χ4v) is 4.76. The van der Waals surface area contributed by atoms with Crippen LogP contribution >= 0.6 is 0 Å². The number of carbonyl (C=O) groups excluding carboxylic acids is 1. The highest BCUT2D eigenvalue weighted by Crippen LogP contribution is 2.44. The van der Waals surface area contributed by atoms with Crippen molar-refractivity contribution in [3.63, 3.8) is 0 Å². The Balaban J connectivity index is 1.08. The van der Waals surface area contributed by atoms with Gasteiger partial charge in [0, 0.05) is 44.6 Å². The summed E-state index contributed by atoms with van der Waals surface area (Å²) in [7, 11) is 1.92. The minimum absolute atomic E-state index is 0.0671. The fraction of sp³-hybridized carbons (Fsp3) is 0.517. The molecule has 2 aliphatic carbocycles. The van der Waals surface area contributed by atoms with Crippen molar-refractivity contribution >= 4 is 17.7 Å². The van der Waals surface area contributed by atoms with E-state index in [1.54, 1.807) is 12.5 Å². The smallest absolute Gasteiger partial charge is 0.322 e. The van der Waals surface area contributed by atoms with Crippen LogP contribution in [0.2, 0.25) is 0 Å². The molecule has 1 amide bonds. The maximum absolute atomic E-state index is 12.8. The lowest BCUT2D eigenvalue weighted by Crippen LogP contribution is -2.37. The number of ether oxygens (including phenoxy) is 2. The van der Waals surface area contributed by atoms with E-state index in [4.69, 9.17) is 21.6 Å². The zero-order valence-corrected chi connectivity index (χ0v) is 23.3. The van der Waals surface area contributed by atoms with Gasteiger partial charge in [0.25, 0.3) is 5.91 Å². The van der Waals surface area contributed by atoms with Crippen molar-refractivity contribution in [2.75, 3.05) is 43.5 Å². The number of aromatic nitrogens is 6. The van der Waals surface area contributed by atoms with E-state index in [0.717, 1.165) is 49.8 Å². The highest BCUT2D eigenvalue weighted by molar-refractivity contribution is 5.90. The second-order valence-corrected chi connectivity index (χ2v) is 11.4. The number of nitrogens with two attached hydrogens (primary N) is 1. The molecule has 2 saturated carbocycles. The topological polar surface area (TPSA) is 146 Å². The predicted octanol–water partition coefficient (Wildman–Crippen LogP) is 2.48. The molecule has 0 unspecified atom stereocenters. The van der Waals surface area contributed by atoms with Crippen LogP contribution in [0.25, 0.3) is 11.3 Å². The number of imidazole rings is 1. The van der Waals surface area contributed by atoms with Crippen molar-refractivity contribution in [3.8, 4) is 35.4 Å². The van der Waals surface area contributed by atoms with Gasteiger partial charge in [-0.2, -0.15) is 15.0 Å². The molecule has 214 valence electrons. The first kappa shape index (κ1) is 26.8. The van der Waals surface area contributed by atoms with Crippen molar-refractivity contribution in [2.45, 2.75) is 38.5 Å². The van der Waals surface area contributed by atoms with Crippen molar-refractivity contribution in [1.29, 1.82) is 0 Å². The molecule has 1 saturated heterocycles. The van der Waals surface area contributed by atoms with Crippen molar-refractivity contribution in [2.24, 2.45) is 24.3 Å². The van der Waals surface area contributed by atoms with E-state index in [9.17, 15) is 4.79 Å². The SMILES string of the molecule is C#CC1(COc2nc(C(=O)NCC3CC3)nc(N3CCC(COc4cc(-c5cn(C)cn5)cnc4N)CC3)n2)CC1. The van der Waals surface area contributed by atoms with Crippen LogP contribution < -0.4 is 25.4 Å². The summed E-state index contributed by atoms with van der Waals surface area (Å²) < 4.78 is 13.9. The van der Waals surface area contributed by atoms with Gasteiger partial charge < -0.3 is 30.0 Å². The number of nitrogens with one attached hydrogen (secondary N) is 1. The molecule has 12 nitrogen and oxygen atoms in total. The summed E-state index contributed by atoms with van der Waals surface area (Å²) in [6, 6.07) is 2.02. The summed E-state index contributed by atoms with van der Waals surface area (Å²) in [6.45, 7) is 2.88. The average Bonchev–Trinajstić information content (AvgIpc) is 3.93. The van der Waals surface area contributed by atoms with Crippen molar-refractivity contribution < 1.29 is 14.3 Å². The number of hydrogen-bond acceptors (Lipinski definition) is 10. The van der Waals surface area contributed by atoms with E-state index in [2.05, 4.69) is 41.1 Å². The molecule has 0 bridgehead atoms. The van der Waals surface area contributed by atoms with Crippen LogP contribution in [0.3, 0.4) is 0 Å². The number of nitrogens with zero attached hydrogens (tertiary/aromatic N) is 7. The summed E-state index contributed by atoms with van der Waals surface area (Å²) in [5, 5.41) is 2.94. The Bertz CT molecular complexity index is 1450. The first-order chi connectivity index (χ1) is 19.9. The van der Waals surface area contributed by atoms with E-state index < -0.39 is 0 Å². The lowest BCUT2D eigenvalue weighted by molar-refractivity contribution is 0.0939. The molecule has 1 aliphatic heterocycles. The Hall–Kier alpha value is -4.40. The van der Waals surface area contributed by atoms with Gasteiger partial charge in [0.15, 0.2) is 11.6 Å². The number of anilines is 2. The molecule has 6 rings (SSSR count). The van der Waals surface area contributed by atoms with Crippen molar-refractivity contribution in [1.82, 2.24) is 34.8 Å². The van der Waals surface area contributed by atoms with Gasteiger partial charge in [-0.15, -0.1) is 6.42 Å². The van der Waals surface area contributed by atoms with Gasteiger partial charge in [-0.05, 0) is 56.4 Å². The normalized spacial score (nSPS) is 18.0. The van der Waals surface area contributed by atoms with Gasteiger partial charge in [-0.25, -0.2) is 9.97 Å². The van der Waals surface area contributed by atoms with Gasteiger partial charge in [-0.3, -0.25) is 4.79 Å². The number of pyridine rings is 1. The maximum Gasteiger partial charge on any atom is 0.322 e. The monoisotopic (exact) mass is 557 g/mol. The molecule has 3 aromatic heterocycles. The number of piperidine rings is 1. The van der Waals surface area contributed by atoms with Crippen LogP contribution in [0.1, 0.15) is 49.1 Å². The molecule has 41 heavy (non-hydrogen) atoms. The molecule has 4 heterocycles. The number of rotatable bonds is 11. The summed E-state index contributed by atoms with van der Waals surface area (Å²) in [6.07, 6.45) is 16.9. The number of terminal acetylenes is 1. The second kappa shape index (κ2) is 11.2. The summed E-state index contributed by atoms with van der Waals surface area (Å²) >= 11 is 0. The third-order valence-electron chi connectivity index (χ3n) is 7.95. The standard InChI is InChI=1S/C29H35N9O3/c1-3-29(8-9-29)17-41-28-35-25(26(39)32-13-19-4-5-19)34-27(36-28)38-10-6-20(7-11-38)16-40-23-12-21(14-31-24(23)30)22-15-37(2)18-33-22/h1,12,14-15,18-20H,4-11,13,16-17H2,2H3,(H2,30,31)(H,32,39). The number of aryl methyl sites for hydroxylation is 1. The molecule has 3 aromatic rings. The molecule has 0 radical (unpaired) electrons. The third-order valence-corrected chi connectivity index (χ3v) is 7.95. The summed E-state index contributed by atoms with van der Waals surface area (Å²) in [4.78, 5) is 37.0. The van der Waals surface area contributed by atoms with E-state index >= 15 is 0 Å². The molecular formula is C29H35N9O3. The third kappa shape index (κ3) is 6.51. The molecule has 0 spiro atoms. The van der Waals surface area contributed by atoms with Crippen LogP contribution in [0.4, 0.5) is 11.8 Å². The summed E-state index contributed by atoms with van der Waals surface area (Å²) in [5.41, 5.74) is 7.50. The number of amides is 1. The van der Waals surface area contributed by atoms with E-state index in [-0.39, 0.29) is 23.2 Å². The molecule has 3 fully saturated rings. The Labute approximate surface area is 239 Å². The van der Waals surface area contributed by atoms with Crippen LogP contribution in [-0.2, 0) is 7.05 Å². The van der Waals surface area contributed by atoms with Crippen LogP contribution in [0.15, 0.2) is 24.8 Å². The van der Waals surface area contributed by atoms with Crippen LogP contribution in [0.5, 0.6) is 11.8 Å². The number of nitrogen functional groups attached to an aromatic ring is 1. The average molecular weight is 558 g/mol. The van der Waals surface area contributed by atoms with Gasteiger partial charge in [-0.1, -0.05) is 5.92 Å². The predicted molar refractivity (Wildman–Crippen MR) is 152 cm³/mol. The van der Waals surface area contributed by atoms with Gasteiger partial charge in [0.2, 0.25) is 11.8 Å². The molecule has 3 aliphatic rings. The lowest BCUT2D eigenvalue weighted by atomic mass is 9.98. The minimum atomic E-state index is -0.314. The largest absolute Gasteiger partial charge is 0.489 e. The number of carbonyl (C=O) groups is 1. The first-order valence-corrected chi connectivity index (χ1v) is 14.2. The van der Waals surface area contributed by atoms with E-state index in [1.165, 1.54) is 0 Å². The molecule has 0 aromatic carbocycles. The zero-order valence-electron chi connectivity index (χ0n) is 23.3. The van der Waals surface area contributed by atoms with E-state index in [0.29, 0.717) is 62.2 Å². The van der Waals surface area contributed by atoms with Crippen LogP contribution in [-0.4, -0.2) is 68.2 Å². The molecule has 3 N–H and O–H groups in total. The maximum atomic E-state index is 12.8. The fourth-order valence-electron chi connectivity index (χ4n) is 4.76. The number of hydrogen-bond donors (Lipinski definition) is 2. The van der Waals surface area contributed by atoms with Crippen LogP contribution in [0, 0.1) is 29.6 Å². The van der Waals surface area contributed by atoms with E-state index in [1.807, 2.05) is 23.9 Å². The van der Waals surface area contributed by atoms with Crippen molar-refractivity contribution in [3.05, 3.63) is 30.6 Å². The Morgan fingerprint density at radius 3 is 2.63 bits per heavy atom. The quantitative estimate of drug-likeness (QED) is 0.337. The molecule has 0 atom stereocenters. The second-order valence-electron chi connectivity index (χ2n) is 11.4. The van der Waals surface area contributed by atoms with Gasteiger partial charge >= 0.3 is 6.01 Å². The lowest BCUT2D eigenvalue weighted by Gasteiger charge is -2.32. The Morgan fingerprint density at radius 1 is 1.15 bits per heavy atom. The zero-order chi connectivity index (χ0) is 28.4. The first-order valence-electron chi connectivity index (χ1n) is 14.2. The highest BCUT2D eigenvalue weighted by atomic mass is 16.5. The summed E-state index contributed by atoms with van der Waals surface area (Å²) in [5.74, 6) is 4.77. The molecular weight excluding hydrogens is 522 g/mol. The van der Waals surface area contributed by atoms with Gasteiger partial charge in [0.1, 0.15) is 6.61 Å². The molecule has 12 heteroatoms.